The number of phenolic OH excluding ortho intramolecular Hbond substituents is 1. The van der Waals surface area contributed by atoms with Crippen LogP contribution in [0.4, 0.5) is 5.69 Å². The van der Waals surface area contributed by atoms with E-state index in [-0.39, 0.29) is 11.7 Å². The van der Waals surface area contributed by atoms with Crippen LogP contribution in [0.2, 0.25) is 5.02 Å². The van der Waals surface area contributed by atoms with E-state index in [1.165, 1.54) is 6.07 Å². The fourth-order valence-electron chi connectivity index (χ4n) is 2.08. The van der Waals surface area contributed by atoms with Crippen LogP contribution in [0.25, 0.3) is 11.6 Å². The number of para-hydroxylation sites is 1. The number of carbonyl (C=O) groups is 1. The minimum atomic E-state index is -0.180. The van der Waals surface area contributed by atoms with E-state index >= 15 is 0 Å². The van der Waals surface area contributed by atoms with Crippen molar-refractivity contribution in [2.45, 2.75) is 0 Å². The molecule has 3 nitrogen and oxygen atoms in total. The fourth-order valence-corrected chi connectivity index (χ4v) is 2.26. The molecular weight excluding hydrogens is 262 g/mol. The first kappa shape index (κ1) is 11.8. The smallest absolute Gasteiger partial charge is 0.256 e. The molecule has 0 atom stereocenters. The number of phenols is 1. The first-order valence-corrected chi connectivity index (χ1v) is 6.14. The summed E-state index contributed by atoms with van der Waals surface area (Å²) in [5.74, 6) is -0.0883. The highest BCUT2D eigenvalue weighted by Crippen LogP contribution is 2.34. The highest BCUT2D eigenvalue weighted by Gasteiger charge is 2.23. The number of hydrogen-bond acceptors (Lipinski definition) is 2. The van der Waals surface area contributed by atoms with Crippen LogP contribution in [-0.2, 0) is 4.79 Å². The zero-order valence-electron chi connectivity index (χ0n) is 9.85. The molecule has 1 amide bonds. The maximum Gasteiger partial charge on any atom is 0.256 e. The largest absolute Gasteiger partial charge is 0.507 e. The van der Waals surface area contributed by atoms with E-state index < -0.39 is 0 Å². The number of anilines is 1. The summed E-state index contributed by atoms with van der Waals surface area (Å²) in [6.07, 6.45) is 1.64. The molecule has 1 heterocycles. The molecule has 0 aromatic heterocycles. The molecular formula is C15H10ClNO2. The molecule has 2 N–H and O–H groups in total. The first-order chi connectivity index (χ1) is 9.15. The summed E-state index contributed by atoms with van der Waals surface area (Å²) in [6.45, 7) is 0. The zero-order valence-corrected chi connectivity index (χ0v) is 10.6. The van der Waals surface area contributed by atoms with Gasteiger partial charge in [0.1, 0.15) is 5.75 Å². The SMILES string of the molecule is O=C1Nc2ccccc2/C1=C/c1cc(Cl)ccc1O. The monoisotopic (exact) mass is 271 g/mol. The Morgan fingerprint density at radius 2 is 1.95 bits per heavy atom. The summed E-state index contributed by atoms with van der Waals surface area (Å²) >= 11 is 5.90. The number of halogens is 1. The van der Waals surface area contributed by atoms with Crippen LogP contribution < -0.4 is 5.32 Å². The number of hydrogen-bond donors (Lipinski definition) is 2. The summed E-state index contributed by atoms with van der Waals surface area (Å²) in [5, 5.41) is 13.1. The molecule has 3 rings (SSSR count). The first-order valence-electron chi connectivity index (χ1n) is 5.76. The molecule has 0 unspecified atom stereocenters. The third kappa shape index (κ3) is 2.09. The number of fused-ring (bicyclic) bond motifs is 1. The second-order valence-corrected chi connectivity index (χ2v) is 4.70. The van der Waals surface area contributed by atoms with Crippen LogP contribution >= 0.6 is 11.6 Å². The highest BCUT2D eigenvalue weighted by atomic mass is 35.5. The van der Waals surface area contributed by atoms with Crippen molar-refractivity contribution in [3.05, 3.63) is 58.6 Å². The summed E-state index contributed by atoms with van der Waals surface area (Å²) < 4.78 is 0. The minimum absolute atomic E-state index is 0.0917. The molecule has 19 heavy (non-hydrogen) atoms. The second kappa shape index (κ2) is 4.44. The molecule has 4 heteroatoms. The lowest BCUT2D eigenvalue weighted by molar-refractivity contribution is -0.110. The molecule has 0 saturated carbocycles. The second-order valence-electron chi connectivity index (χ2n) is 4.26. The van der Waals surface area contributed by atoms with Gasteiger partial charge in [0, 0.05) is 27.4 Å². The molecule has 94 valence electrons. The van der Waals surface area contributed by atoms with Crippen LogP contribution in [0.15, 0.2) is 42.5 Å². The molecule has 2 aromatic carbocycles. The number of aromatic hydroxyl groups is 1. The van der Waals surface area contributed by atoms with E-state index in [1.54, 1.807) is 18.2 Å². The van der Waals surface area contributed by atoms with E-state index in [9.17, 15) is 9.90 Å². The van der Waals surface area contributed by atoms with E-state index in [2.05, 4.69) is 5.32 Å². The number of nitrogens with one attached hydrogen (secondary N) is 1. The van der Waals surface area contributed by atoms with Gasteiger partial charge in [-0.05, 0) is 30.3 Å². The summed E-state index contributed by atoms with van der Waals surface area (Å²) in [5.41, 5.74) is 2.65. The Bertz CT molecular complexity index is 707. The van der Waals surface area contributed by atoms with Crippen molar-refractivity contribution in [2.75, 3.05) is 5.32 Å². The summed E-state index contributed by atoms with van der Waals surface area (Å²) in [4.78, 5) is 11.9. The van der Waals surface area contributed by atoms with Gasteiger partial charge in [0.15, 0.2) is 0 Å². The average Bonchev–Trinajstić information content (AvgIpc) is 2.71. The molecule has 1 aliphatic heterocycles. The quantitative estimate of drug-likeness (QED) is 0.780. The molecule has 0 aliphatic carbocycles. The van der Waals surface area contributed by atoms with Gasteiger partial charge < -0.3 is 10.4 Å². The third-order valence-electron chi connectivity index (χ3n) is 3.00. The predicted molar refractivity (Wildman–Crippen MR) is 76.1 cm³/mol. The van der Waals surface area contributed by atoms with E-state index in [0.29, 0.717) is 16.2 Å². The average molecular weight is 272 g/mol. The molecule has 0 radical (unpaired) electrons. The molecule has 2 aromatic rings. The Hall–Kier alpha value is -2.26. The van der Waals surface area contributed by atoms with Crippen LogP contribution in [0.3, 0.4) is 0 Å². The van der Waals surface area contributed by atoms with Gasteiger partial charge in [-0.15, -0.1) is 0 Å². The van der Waals surface area contributed by atoms with Crippen LogP contribution in [0, 0.1) is 0 Å². The number of amides is 1. The van der Waals surface area contributed by atoms with Crippen LogP contribution in [0.1, 0.15) is 11.1 Å². The maximum atomic E-state index is 11.9. The Balaban J connectivity index is 2.14. The van der Waals surface area contributed by atoms with E-state index in [4.69, 9.17) is 11.6 Å². The van der Waals surface area contributed by atoms with Gasteiger partial charge in [-0.1, -0.05) is 29.8 Å². The Morgan fingerprint density at radius 3 is 2.79 bits per heavy atom. The van der Waals surface area contributed by atoms with Crippen molar-refractivity contribution in [2.24, 2.45) is 0 Å². The van der Waals surface area contributed by atoms with Gasteiger partial charge in [-0.3, -0.25) is 4.79 Å². The molecule has 0 saturated heterocycles. The van der Waals surface area contributed by atoms with Gasteiger partial charge in [-0.2, -0.15) is 0 Å². The number of carbonyl (C=O) groups excluding carboxylic acids is 1. The van der Waals surface area contributed by atoms with Crippen molar-refractivity contribution < 1.29 is 9.90 Å². The van der Waals surface area contributed by atoms with Gasteiger partial charge >= 0.3 is 0 Å². The van der Waals surface area contributed by atoms with Crippen molar-refractivity contribution in [3.8, 4) is 5.75 Å². The Labute approximate surface area is 115 Å². The molecule has 0 spiro atoms. The topological polar surface area (TPSA) is 49.3 Å². The van der Waals surface area contributed by atoms with E-state index in [0.717, 1.165) is 11.3 Å². The third-order valence-corrected chi connectivity index (χ3v) is 3.23. The normalized spacial score (nSPS) is 15.4. The van der Waals surface area contributed by atoms with E-state index in [1.807, 2.05) is 24.3 Å². The lowest BCUT2D eigenvalue weighted by Crippen LogP contribution is -2.03. The number of benzene rings is 2. The molecule has 0 fully saturated rings. The Kier molecular flexibility index (Phi) is 2.76. The standard InChI is InChI=1S/C15H10ClNO2/c16-10-5-6-14(18)9(7-10)8-12-11-3-1-2-4-13(11)17-15(12)19/h1-8,18H,(H,17,19)/b12-8-. The lowest BCUT2D eigenvalue weighted by Gasteiger charge is -2.02. The zero-order chi connectivity index (χ0) is 13.4. The van der Waals surface area contributed by atoms with Crippen LogP contribution in [0.5, 0.6) is 5.75 Å². The fraction of sp³-hybridized carbons (Fsp3) is 0. The lowest BCUT2D eigenvalue weighted by atomic mass is 10.0. The van der Waals surface area contributed by atoms with Crippen molar-refractivity contribution >= 4 is 34.8 Å². The van der Waals surface area contributed by atoms with Crippen LogP contribution in [-0.4, -0.2) is 11.0 Å². The van der Waals surface area contributed by atoms with Gasteiger partial charge in [-0.25, -0.2) is 0 Å². The van der Waals surface area contributed by atoms with Gasteiger partial charge in [0.2, 0.25) is 0 Å². The van der Waals surface area contributed by atoms with Crippen molar-refractivity contribution in [3.63, 3.8) is 0 Å². The number of rotatable bonds is 1. The van der Waals surface area contributed by atoms with Crippen molar-refractivity contribution in [1.82, 2.24) is 0 Å². The highest BCUT2D eigenvalue weighted by molar-refractivity contribution is 6.35. The molecule has 1 aliphatic rings. The van der Waals surface area contributed by atoms with Gasteiger partial charge in [0.05, 0.1) is 0 Å². The minimum Gasteiger partial charge on any atom is -0.507 e. The molecule has 0 bridgehead atoms. The summed E-state index contributed by atoms with van der Waals surface area (Å²) in [6, 6.07) is 12.2. The predicted octanol–water partition coefficient (Wildman–Crippen LogP) is 3.54. The van der Waals surface area contributed by atoms with Crippen molar-refractivity contribution in [1.29, 1.82) is 0 Å². The maximum absolute atomic E-state index is 11.9. The summed E-state index contributed by atoms with van der Waals surface area (Å²) in [7, 11) is 0. The Morgan fingerprint density at radius 1 is 1.16 bits per heavy atom. The van der Waals surface area contributed by atoms with Gasteiger partial charge in [0.25, 0.3) is 5.91 Å².